The Morgan fingerprint density at radius 3 is 2.28 bits per heavy atom. The smallest absolute Gasteiger partial charge is 0.271 e. The van der Waals surface area contributed by atoms with Gasteiger partial charge in [-0.1, -0.05) is 19.9 Å². The summed E-state index contributed by atoms with van der Waals surface area (Å²) in [5.41, 5.74) is 0.863. The second kappa shape index (κ2) is 8.39. The van der Waals surface area contributed by atoms with Crippen molar-refractivity contribution < 1.29 is 22.9 Å². The first kappa shape index (κ1) is 22.0. The molecule has 2 aromatic rings. The van der Waals surface area contributed by atoms with E-state index < -0.39 is 26.4 Å². The van der Waals surface area contributed by atoms with E-state index in [2.05, 4.69) is 10.6 Å². The van der Waals surface area contributed by atoms with Crippen LogP contribution in [-0.2, 0) is 14.6 Å². The maximum atomic E-state index is 12.6. The zero-order chi connectivity index (χ0) is 21.9. The molecule has 0 fully saturated rings. The molecule has 0 radical (unpaired) electrons. The zero-order valence-corrected chi connectivity index (χ0v) is 17.2. The lowest BCUT2D eigenvalue weighted by Crippen LogP contribution is -2.18. The van der Waals surface area contributed by atoms with Gasteiger partial charge in [-0.2, -0.15) is 0 Å². The Kier molecular flexibility index (Phi) is 6.38. The number of hydrogen-bond acceptors (Lipinski definition) is 6. The molecule has 0 unspecified atom stereocenters. The van der Waals surface area contributed by atoms with E-state index in [1.807, 2.05) is 0 Å². The van der Waals surface area contributed by atoms with Crippen LogP contribution in [0.1, 0.15) is 29.8 Å². The van der Waals surface area contributed by atoms with Crippen LogP contribution in [-0.4, -0.2) is 31.4 Å². The molecule has 0 aromatic heterocycles. The van der Waals surface area contributed by atoms with Crippen molar-refractivity contribution in [3.63, 3.8) is 0 Å². The normalized spacial score (nSPS) is 11.2. The highest BCUT2D eigenvalue weighted by molar-refractivity contribution is 7.90. The number of benzene rings is 2. The average Bonchev–Trinajstić information content (AvgIpc) is 2.63. The number of carbonyl (C=O) groups is 2. The number of anilines is 2. The minimum absolute atomic E-state index is 0.171. The molecule has 2 aromatic carbocycles. The van der Waals surface area contributed by atoms with Gasteiger partial charge in [-0.3, -0.25) is 19.7 Å². The molecule has 9 nitrogen and oxygen atoms in total. The number of carbonyl (C=O) groups excluding carboxylic acids is 2. The molecule has 0 aliphatic heterocycles. The van der Waals surface area contributed by atoms with E-state index in [4.69, 9.17) is 0 Å². The van der Waals surface area contributed by atoms with E-state index in [1.54, 1.807) is 39.0 Å². The number of nitro groups is 1. The zero-order valence-electron chi connectivity index (χ0n) is 16.3. The first-order chi connectivity index (χ1) is 13.4. The molecule has 0 spiro atoms. The molecule has 10 heteroatoms. The van der Waals surface area contributed by atoms with Gasteiger partial charge in [0, 0.05) is 41.2 Å². The average molecular weight is 419 g/mol. The molecule has 0 saturated carbocycles. The lowest BCUT2D eigenvalue weighted by Gasteiger charge is -2.13. The SMILES string of the molecule is Cc1ccc(NC(=O)C(C)C)cc1NC(=O)c1cc([N+](=O)[O-])cc(S(C)(=O)=O)c1. The number of nitrogens with zero attached hydrogens (tertiary/aromatic N) is 1. The number of rotatable bonds is 6. The van der Waals surface area contributed by atoms with Gasteiger partial charge in [0.15, 0.2) is 9.84 Å². The number of hydrogen-bond donors (Lipinski definition) is 2. The molecule has 29 heavy (non-hydrogen) atoms. The number of non-ortho nitro benzene ring substituents is 1. The fraction of sp³-hybridized carbons (Fsp3) is 0.263. The summed E-state index contributed by atoms with van der Waals surface area (Å²) in [6, 6.07) is 7.92. The molecule has 0 saturated heterocycles. The van der Waals surface area contributed by atoms with Crippen LogP contribution in [0.25, 0.3) is 0 Å². The summed E-state index contributed by atoms with van der Waals surface area (Å²) in [5.74, 6) is -1.13. The maximum absolute atomic E-state index is 12.6. The Balaban J connectivity index is 2.38. The summed E-state index contributed by atoms with van der Waals surface area (Å²) in [6.45, 7) is 5.22. The van der Waals surface area contributed by atoms with Gasteiger partial charge >= 0.3 is 0 Å². The van der Waals surface area contributed by atoms with E-state index >= 15 is 0 Å². The number of nitrogens with one attached hydrogen (secondary N) is 2. The van der Waals surface area contributed by atoms with Crippen molar-refractivity contribution in [1.29, 1.82) is 0 Å². The van der Waals surface area contributed by atoms with Gasteiger partial charge in [-0.25, -0.2) is 8.42 Å². The van der Waals surface area contributed by atoms with Gasteiger partial charge in [0.1, 0.15) is 0 Å². The van der Waals surface area contributed by atoms with E-state index in [-0.39, 0.29) is 22.3 Å². The lowest BCUT2D eigenvalue weighted by molar-refractivity contribution is -0.385. The Hall–Kier alpha value is -3.27. The molecule has 0 heterocycles. The van der Waals surface area contributed by atoms with Crippen molar-refractivity contribution >= 4 is 38.7 Å². The van der Waals surface area contributed by atoms with E-state index in [0.717, 1.165) is 24.5 Å². The minimum Gasteiger partial charge on any atom is -0.326 e. The minimum atomic E-state index is -3.76. The number of nitro benzene ring substituents is 1. The van der Waals surface area contributed by atoms with Crippen molar-refractivity contribution in [2.75, 3.05) is 16.9 Å². The quantitative estimate of drug-likeness (QED) is 0.545. The van der Waals surface area contributed by atoms with E-state index in [9.17, 15) is 28.1 Å². The predicted octanol–water partition coefficient (Wildman–Crippen LogP) is 3.15. The molecule has 2 N–H and O–H groups in total. The van der Waals surface area contributed by atoms with Crippen molar-refractivity contribution in [2.24, 2.45) is 5.92 Å². The van der Waals surface area contributed by atoms with Gasteiger partial charge < -0.3 is 10.6 Å². The second-order valence-electron chi connectivity index (χ2n) is 6.87. The van der Waals surface area contributed by atoms with Gasteiger partial charge in [-0.15, -0.1) is 0 Å². The van der Waals surface area contributed by atoms with Gasteiger partial charge in [-0.05, 0) is 30.7 Å². The van der Waals surface area contributed by atoms with Gasteiger partial charge in [0.25, 0.3) is 11.6 Å². The summed E-state index contributed by atoms with van der Waals surface area (Å²) >= 11 is 0. The van der Waals surface area contributed by atoms with Crippen molar-refractivity contribution in [2.45, 2.75) is 25.7 Å². The third-order valence-corrected chi connectivity index (χ3v) is 5.16. The van der Waals surface area contributed by atoms with Crippen molar-refractivity contribution in [3.8, 4) is 0 Å². The molecule has 2 amide bonds. The monoisotopic (exact) mass is 419 g/mol. The summed E-state index contributed by atoms with van der Waals surface area (Å²) in [4.78, 5) is 34.5. The lowest BCUT2D eigenvalue weighted by atomic mass is 10.1. The summed E-state index contributed by atoms with van der Waals surface area (Å²) in [7, 11) is -3.76. The highest BCUT2D eigenvalue weighted by atomic mass is 32.2. The standard InChI is InChI=1S/C19H21N3O6S/c1-11(2)18(23)20-14-6-5-12(3)17(9-14)21-19(24)13-7-15(22(25)26)10-16(8-13)29(4,27)28/h5-11H,1-4H3,(H,20,23)(H,21,24). The largest absolute Gasteiger partial charge is 0.326 e. The van der Waals surface area contributed by atoms with E-state index in [1.165, 1.54) is 0 Å². The summed E-state index contributed by atoms with van der Waals surface area (Å²) in [6.07, 6.45) is 0.902. The maximum Gasteiger partial charge on any atom is 0.271 e. The highest BCUT2D eigenvalue weighted by Gasteiger charge is 2.20. The second-order valence-corrected chi connectivity index (χ2v) is 8.89. The van der Waals surface area contributed by atoms with Crippen molar-refractivity contribution in [1.82, 2.24) is 0 Å². The fourth-order valence-electron chi connectivity index (χ4n) is 2.35. The third-order valence-electron chi connectivity index (χ3n) is 4.07. The van der Waals surface area contributed by atoms with Crippen LogP contribution in [0.5, 0.6) is 0 Å². The molecule has 2 rings (SSSR count). The Morgan fingerprint density at radius 2 is 1.72 bits per heavy atom. The van der Waals surface area contributed by atoms with Crippen LogP contribution >= 0.6 is 0 Å². The van der Waals surface area contributed by atoms with Crippen LogP contribution in [0.2, 0.25) is 0 Å². The Bertz CT molecular complexity index is 1090. The number of sulfone groups is 1. The molecular weight excluding hydrogens is 398 g/mol. The van der Waals surface area contributed by atoms with Crippen LogP contribution < -0.4 is 10.6 Å². The Morgan fingerprint density at radius 1 is 1.07 bits per heavy atom. The van der Waals surface area contributed by atoms with Crippen LogP contribution in [0.4, 0.5) is 17.1 Å². The molecule has 0 bridgehead atoms. The van der Waals surface area contributed by atoms with Crippen molar-refractivity contribution in [3.05, 3.63) is 57.6 Å². The fourth-order valence-corrected chi connectivity index (χ4v) is 3.03. The van der Waals surface area contributed by atoms with E-state index in [0.29, 0.717) is 16.9 Å². The third kappa shape index (κ3) is 5.61. The number of amides is 2. The van der Waals surface area contributed by atoms with Crippen LogP contribution in [0.15, 0.2) is 41.3 Å². The molecule has 0 aliphatic rings. The molecule has 154 valence electrons. The van der Waals surface area contributed by atoms with Crippen LogP contribution in [0, 0.1) is 23.0 Å². The van der Waals surface area contributed by atoms with Gasteiger partial charge in [0.05, 0.1) is 9.82 Å². The molecular formula is C19H21N3O6S. The summed E-state index contributed by atoms with van der Waals surface area (Å²) in [5, 5.41) is 16.4. The van der Waals surface area contributed by atoms with Gasteiger partial charge in [0.2, 0.25) is 5.91 Å². The Labute approximate surface area is 168 Å². The number of aryl methyl sites for hydroxylation is 1. The molecule has 0 atom stereocenters. The summed E-state index contributed by atoms with van der Waals surface area (Å²) < 4.78 is 23.6. The highest BCUT2D eigenvalue weighted by Crippen LogP contribution is 2.24. The molecule has 0 aliphatic carbocycles. The van der Waals surface area contributed by atoms with Crippen LogP contribution in [0.3, 0.4) is 0 Å². The predicted molar refractivity (Wildman–Crippen MR) is 109 cm³/mol. The topological polar surface area (TPSA) is 135 Å². The first-order valence-corrected chi connectivity index (χ1v) is 10.5. The first-order valence-electron chi connectivity index (χ1n) is 8.61.